The zero-order valence-electron chi connectivity index (χ0n) is 11.0. The van der Waals surface area contributed by atoms with Crippen molar-refractivity contribution in [3.05, 3.63) is 29.3 Å². The molecule has 5 heteroatoms. The molecule has 0 saturated carbocycles. The monoisotopic (exact) mass is 263 g/mol. The van der Waals surface area contributed by atoms with E-state index in [4.69, 9.17) is 9.84 Å². The molecule has 0 aliphatic carbocycles. The van der Waals surface area contributed by atoms with Gasteiger partial charge in [-0.05, 0) is 37.0 Å². The zero-order valence-corrected chi connectivity index (χ0v) is 11.0. The number of rotatable bonds is 3. The Kier molecular flexibility index (Phi) is 3.85. The number of anilines is 1. The second kappa shape index (κ2) is 5.40. The van der Waals surface area contributed by atoms with Gasteiger partial charge in [-0.15, -0.1) is 0 Å². The first-order valence-electron chi connectivity index (χ1n) is 6.25. The molecule has 2 unspecified atom stereocenters. The first kappa shape index (κ1) is 13.5. The van der Waals surface area contributed by atoms with Gasteiger partial charge in [0.1, 0.15) is 6.10 Å². The number of ether oxygens (including phenoxy) is 1. The Bertz CT molecular complexity index is 512. The van der Waals surface area contributed by atoms with Crippen LogP contribution < -0.4 is 5.32 Å². The number of hydrogen-bond donors (Lipinski definition) is 2. The van der Waals surface area contributed by atoms with Crippen molar-refractivity contribution in [3.63, 3.8) is 0 Å². The molecule has 1 aromatic rings. The summed E-state index contributed by atoms with van der Waals surface area (Å²) in [5, 5.41) is 11.7. The summed E-state index contributed by atoms with van der Waals surface area (Å²) in [6, 6.07) is 4.84. The molecule has 1 saturated heterocycles. The Morgan fingerprint density at radius 3 is 2.74 bits per heavy atom. The van der Waals surface area contributed by atoms with Crippen LogP contribution in [-0.4, -0.2) is 29.7 Å². The minimum atomic E-state index is -1.00. The molecule has 1 heterocycles. The Hall–Kier alpha value is -1.88. The number of hydrogen-bond acceptors (Lipinski definition) is 3. The van der Waals surface area contributed by atoms with E-state index in [9.17, 15) is 9.59 Å². The van der Waals surface area contributed by atoms with E-state index in [0.717, 1.165) is 6.42 Å². The lowest BCUT2D eigenvalue weighted by molar-refractivity contribution is -0.126. The van der Waals surface area contributed by atoms with Gasteiger partial charge in [0.2, 0.25) is 0 Å². The molecular weight excluding hydrogens is 246 g/mol. The van der Waals surface area contributed by atoms with Crippen molar-refractivity contribution in [2.45, 2.75) is 26.4 Å². The van der Waals surface area contributed by atoms with Gasteiger partial charge >= 0.3 is 5.97 Å². The van der Waals surface area contributed by atoms with Crippen LogP contribution in [0.25, 0.3) is 0 Å². The lowest BCUT2D eigenvalue weighted by Gasteiger charge is -2.15. The molecule has 1 aromatic carbocycles. The fourth-order valence-electron chi connectivity index (χ4n) is 2.17. The third-order valence-corrected chi connectivity index (χ3v) is 3.38. The molecule has 0 radical (unpaired) electrons. The quantitative estimate of drug-likeness (QED) is 0.875. The summed E-state index contributed by atoms with van der Waals surface area (Å²) < 4.78 is 5.37. The normalized spacial score (nSPS) is 22.2. The van der Waals surface area contributed by atoms with Crippen LogP contribution in [0.4, 0.5) is 5.69 Å². The molecular formula is C14H17NO4. The average molecular weight is 263 g/mol. The van der Waals surface area contributed by atoms with Gasteiger partial charge < -0.3 is 15.2 Å². The highest BCUT2D eigenvalue weighted by Gasteiger charge is 2.30. The maximum absolute atomic E-state index is 12.0. The highest BCUT2D eigenvalue weighted by Crippen LogP contribution is 2.22. The largest absolute Gasteiger partial charge is 0.478 e. The highest BCUT2D eigenvalue weighted by molar-refractivity contribution is 5.96. The molecule has 5 nitrogen and oxygen atoms in total. The van der Waals surface area contributed by atoms with Crippen molar-refractivity contribution in [2.24, 2.45) is 5.92 Å². The van der Waals surface area contributed by atoms with Crippen molar-refractivity contribution in [1.29, 1.82) is 0 Å². The molecule has 1 amide bonds. The van der Waals surface area contributed by atoms with Crippen LogP contribution >= 0.6 is 0 Å². The summed E-state index contributed by atoms with van der Waals surface area (Å²) in [5.74, 6) is -1.03. The molecule has 1 fully saturated rings. The Balaban J connectivity index is 2.13. The van der Waals surface area contributed by atoms with Crippen LogP contribution in [0.2, 0.25) is 0 Å². The summed E-state index contributed by atoms with van der Waals surface area (Å²) in [5.41, 5.74) is 1.34. The lowest BCUT2D eigenvalue weighted by atomic mass is 10.0. The Morgan fingerprint density at radius 2 is 2.16 bits per heavy atom. The average Bonchev–Trinajstić information content (AvgIpc) is 2.77. The Labute approximate surface area is 111 Å². The molecule has 1 aliphatic rings. The maximum Gasteiger partial charge on any atom is 0.336 e. The third-order valence-electron chi connectivity index (χ3n) is 3.38. The number of carbonyl (C=O) groups is 2. The topological polar surface area (TPSA) is 75.6 Å². The van der Waals surface area contributed by atoms with E-state index in [-0.39, 0.29) is 17.4 Å². The van der Waals surface area contributed by atoms with Gasteiger partial charge in [0.15, 0.2) is 0 Å². The number of carboxylic acids is 1. The van der Waals surface area contributed by atoms with Crippen molar-refractivity contribution in [2.75, 3.05) is 11.9 Å². The van der Waals surface area contributed by atoms with E-state index in [0.29, 0.717) is 17.9 Å². The smallest absolute Gasteiger partial charge is 0.336 e. The molecule has 2 rings (SSSR count). The predicted octanol–water partition coefficient (Wildman–Crippen LogP) is 2.06. The van der Waals surface area contributed by atoms with Crippen LogP contribution in [0, 0.1) is 12.8 Å². The first-order chi connectivity index (χ1) is 8.99. The highest BCUT2D eigenvalue weighted by atomic mass is 16.5. The van der Waals surface area contributed by atoms with E-state index in [1.165, 1.54) is 6.07 Å². The lowest BCUT2D eigenvalue weighted by Crippen LogP contribution is -2.31. The number of amides is 1. The summed E-state index contributed by atoms with van der Waals surface area (Å²) in [6.45, 7) is 4.28. The molecule has 102 valence electrons. The van der Waals surface area contributed by atoms with Crippen LogP contribution in [0.5, 0.6) is 0 Å². The molecule has 1 aliphatic heterocycles. The summed E-state index contributed by atoms with van der Waals surface area (Å²) >= 11 is 0. The van der Waals surface area contributed by atoms with Gasteiger partial charge in [-0.1, -0.05) is 13.0 Å². The number of aryl methyl sites for hydroxylation is 1. The van der Waals surface area contributed by atoms with Crippen LogP contribution in [-0.2, 0) is 9.53 Å². The Morgan fingerprint density at radius 1 is 1.42 bits per heavy atom. The van der Waals surface area contributed by atoms with E-state index in [1.807, 2.05) is 6.92 Å². The molecule has 0 spiro atoms. The fourth-order valence-corrected chi connectivity index (χ4v) is 2.17. The molecule has 2 atom stereocenters. The molecule has 0 aromatic heterocycles. The first-order valence-corrected chi connectivity index (χ1v) is 6.25. The summed E-state index contributed by atoms with van der Waals surface area (Å²) in [4.78, 5) is 23.0. The van der Waals surface area contributed by atoms with Crippen molar-refractivity contribution < 1.29 is 19.4 Å². The number of benzene rings is 1. The predicted molar refractivity (Wildman–Crippen MR) is 70.3 cm³/mol. The van der Waals surface area contributed by atoms with E-state index >= 15 is 0 Å². The van der Waals surface area contributed by atoms with Crippen molar-refractivity contribution >= 4 is 17.6 Å². The maximum atomic E-state index is 12.0. The van der Waals surface area contributed by atoms with E-state index in [2.05, 4.69) is 5.32 Å². The fraction of sp³-hybridized carbons (Fsp3) is 0.429. The number of carbonyl (C=O) groups excluding carboxylic acids is 1. The van der Waals surface area contributed by atoms with Crippen molar-refractivity contribution in [1.82, 2.24) is 0 Å². The molecule has 2 N–H and O–H groups in total. The minimum Gasteiger partial charge on any atom is -0.478 e. The van der Waals surface area contributed by atoms with Gasteiger partial charge in [0, 0.05) is 12.3 Å². The van der Waals surface area contributed by atoms with Gasteiger partial charge in [0.05, 0.1) is 5.56 Å². The second-order valence-corrected chi connectivity index (χ2v) is 4.88. The number of nitrogens with one attached hydrogen (secondary N) is 1. The van der Waals surface area contributed by atoms with Crippen molar-refractivity contribution in [3.8, 4) is 0 Å². The van der Waals surface area contributed by atoms with E-state index < -0.39 is 12.1 Å². The minimum absolute atomic E-state index is 0.185. The molecule has 19 heavy (non-hydrogen) atoms. The summed E-state index contributed by atoms with van der Waals surface area (Å²) in [7, 11) is 0. The van der Waals surface area contributed by atoms with Gasteiger partial charge in [-0.25, -0.2) is 4.79 Å². The molecule has 0 bridgehead atoms. The summed E-state index contributed by atoms with van der Waals surface area (Å²) in [6.07, 6.45) is 0.418. The van der Waals surface area contributed by atoms with Crippen LogP contribution in [0.15, 0.2) is 18.2 Å². The SMILES string of the molecule is Cc1ccc(NC(=O)C2OCCC2C)cc1C(=O)O. The number of aromatic carboxylic acids is 1. The van der Waals surface area contributed by atoms with Crippen LogP contribution in [0.3, 0.4) is 0 Å². The van der Waals surface area contributed by atoms with E-state index in [1.54, 1.807) is 19.1 Å². The van der Waals surface area contributed by atoms with Gasteiger partial charge in [-0.2, -0.15) is 0 Å². The van der Waals surface area contributed by atoms with Gasteiger partial charge in [-0.3, -0.25) is 4.79 Å². The second-order valence-electron chi connectivity index (χ2n) is 4.88. The van der Waals surface area contributed by atoms with Gasteiger partial charge in [0.25, 0.3) is 5.91 Å². The number of carboxylic acid groups (broad SMARTS) is 1. The standard InChI is InChI=1S/C14H17NO4/c1-8-3-4-10(7-11(8)14(17)18)15-13(16)12-9(2)5-6-19-12/h3-4,7,9,12H,5-6H2,1-2H3,(H,15,16)(H,17,18). The van der Waals surface area contributed by atoms with Crippen LogP contribution in [0.1, 0.15) is 29.3 Å². The third kappa shape index (κ3) is 2.93. The zero-order chi connectivity index (χ0) is 14.0.